The number of hydrogen-bond acceptors (Lipinski definition) is 4. The topological polar surface area (TPSA) is 52.1 Å². The van der Waals surface area contributed by atoms with Crippen LogP contribution in [0.2, 0.25) is 0 Å². The van der Waals surface area contributed by atoms with Gasteiger partial charge in [0.15, 0.2) is 5.96 Å². The lowest BCUT2D eigenvalue weighted by molar-refractivity contribution is 0.0899. The highest BCUT2D eigenvalue weighted by Gasteiger charge is 2.24. The third-order valence-corrected chi connectivity index (χ3v) is 4.22. The van der Waals surface area contributed by atoms with E-state index in [1.165, 1.54) is 0 Å². The highest BCUT2D eigenvalue weighted by Crippen LogP contribution is 2.12. The Morgan fingerprint density at radius 2 is 1.86 bits per heavy atom. The second-order valence-electron chi connectivity index (χ2n) is 6.23. The van der Waals surface area contributed by atoms with E-state index in [-0.39, 0.29) is 0 Å². The molecular weight excluding hydrogens is 278 g/mol. The molecule has 1 heterocycles. The second kappa shape index (κ2) is 10.8. The Kier molecular flexibility index (Phi) is 9.43. The van der Waals surface area contributed by atoms with Gasteiger partial charge in [0.05, 0.1) is 6.61 Å². The van der Waals surface area contributed by atoms with Gasteiger partial charge < -0.3 is 20.3 Å². The molecule has 1 rings (SSSR count). The van der Waals surface area contributed by atoms with E-state index < -0.39 is 0 Å². The third-order valence-electron chi connectivity index (χ3n) is 4.22. The van der Waals surface area contributed by atoms with Crippen molar-refractivity contribution in [3.63, 3.8) is 0 Å². The number of nitrogens with one attached hydrogen (secondary N) is 2. The smallest absolute Gasteiger partial charge is 0.191 e. The molecule has 1 unspecified atom stereocenters. The van der Waals surface area contributed by atoms with E-state index in [4.69, 9.17) is 4.74 Å². The zero-order valence-corrected chi connectivity index (χ0v) is 15.1. The molecule has 0 bridgehead atoms. The Balaban J connectivity index is 2.39. The van der Waals surface area contributed by atoms with Crippen LogP contribution in [0.15, 0.2) is 4.99 Å². The van der Waals surface area contributed by atoms with Gasteiger partial charge in [0.2, 0.25) is 0 Å². The minimum absolute atomic E-state index is 0.541. The van der Waals surface area contributed by atoms with Crippen molar-refractivity contribution in [2.45, 2.75) is 26.8 Å². The van der Waals surface area contributed by atoms with Crippen molar-refractivity contribution in [1.29, 1.82) is 0 Å². The SMILES string of the molecule is CCOCCNC(=NC)NCC(C(C)C)N1CCN(C)CC1. The van der Waals surface area contributed by atoms with E-state index in [1.54, 1.807) is 0 Å². The van der Waals surface area contributed by atoms with E-state index in [1.807, 2.05) is 14.0 Å². The molecule has 22 heavy (non-hydrogen) atoms. The predicted molar refractivity (Wildman–Crippen MR) is 93.6 cm³/mol. The fraction of sp³-hybridized carbons (Fsp3) is 0.938. The van der Waals surface area contributed by atoms with Crippen LogP contribution in [0.1, 0.15) is 20.8 Å². The third kappa shape index (κ3) is 6.94. The van der Waals surface area contributed by atoms with Gasteiger partial charge in [-0.15, -0.1) is 0 Å². The number of aliphatic imine (C=N–C) groups is 1. The van der Waals surface area contributed by atoms with Gasteiger partial charge in [-0.2, -0.15) is 0 Å². The first-order valence-electron chi connectivity index (χ1n) is 8.53. The molecule has 0 saturated carbocycles. The van der Waals surface area contributed by atoms with Crippen LogP contribution in [-0.4, -0.2) is 88.4 Å². The molecule has 2 N–H and O–H groups in total. The first kappa shape index (κ1) is 19.2. The van der Waals surface area contributed by atoms with E-state index >= 15 is 0 Å². The summed E-state index contributed by atoms with van der Waals surface area (Å²) in [5.41, 5.74) is 0. The van der Waals surface area contributed by atoms with Crippen LogP contribution in [0, 0.1) is 5.92 Å². The highest BCUT2D eigenvalue weighted by atomic mass is 16.5. The van der Waals surface area contributed by atoms with Gasteiger partial charge in [0.25, 0.3) is 0 Å². The van der Waals surface area contributed by atoms with E-state index in [0.717, 1.165) is 51.8 Å². The van der Waals surface area contributed by atoms with Crippen LogP contribution in [-0.2, 0) is 4.74 Å². The molecule has 6 nitrogen and oxygen atoms in total. The van der Waals surface area contributed by atoms with Crippen LogP contribution in [0.3, 0.4) is 0 Å². The molecule has 6 heteroatoms. The summed E-state index contributed by atoms with van der Waals surface area (Å²) in [6, 6.07) is 0.541. The van der Waals surface area contributed by atoms with Crippen LogP contribution in [0.25, 0.3) is 0 Å². The summed E-state index contributed by atoms with van der Waals surface area (Å²) in [7, 11) is 4.01. The molecule has 0 radical (unpaired) electrons. The Bertz CT molecular complexity index is 314. The van der Waals surface area contributed by atoms with E-state index in [9.17, 15) is 0 Å². The summed E-state index contributed by atoms with van der Waals surface area (Å²) in [5, 5.41) is 6.76. The zero-order chi connectivity index (χ0) is 16.4. The number of likely N-dealkylation sites (N-methyl/N-ethyl adjacent to an activating group) is 1. The molecule has 1 aliphatic heterocycles. The fourth-order valence-electron chi connectivity index (χ4n) is 2.75. The maximum absolute atomic E-state index is 5.34. The summed E-state index contributed by atoms with van der Waals surface area (Å²) in [4.78, 5) is 9.29. The van der Waals surface area contributed by atoms with Crippen molar-refractivity contribution in [3.8, 4) is 0 Å². The number of piperazine rings is 1. The van der Waals surface area contributed by atoms with Gasteiger partial charge in [-0.1, -0.05) is 13.8 Å². The molecule has 0 aromatic rings. The Morgan fingerprint density at radius 3 is 2.41 bits per heavy atom. The molecule has 0 aromatic heterocycles. The van der Waals surface area contributed by atoms with Crippen molar-refractivity contribution < 1.29 is 4.74 Å². The molecule has 0 aromatic carbocycles. The number of guanidine groups is 1. The number of rotatable bonds is 8. The minimum atomic E-state index is 0.541. The van der Waals surface area contributed by atoms with E-state index in [0.29, 0.717) is 18.6 Å². The fourth-order valence-corrected chi connectivity index (χ4v) is 2.75. The molecule has 0 aliphatic carbocycles. The summed E-state index contributed by atoms with van der Waals surface area (Å²) < 4.78 is 5.34. The maximum atomic E-state index is 5.34. The quantitative estimate of drug-likeness (QED) is 0.387. The lowest BCUT2D eigenvalue weighted by Gasteiger charge is -2.40. The Hall–Kier alpha value is -0.850. The zero-order valence-electron chi connectivity index (χ0n) is 15.1. The number of hydrogen-bond donors (Lipinski definition) is 2. The maximum Gasteiger partial charge on any atom is 0.191 e. The molecular formula is C16H35N5O. The number of ether oxygens (including phenoxy) is 1. The summed E-state index contributed by atoms with van der Waals surface area (Å²) in [5.74, 6) is 1.48. The minimum Gasteiger partial charge on any atom is -0.380 e. The molecule has 1 aliphatic rings. The lowest BCUT2D eigenvalue weighted by atomic mass is 10.0. The average molecular weight is 313 g/mol. The monoisotopic (exact) mass is 313 g/mol. The van der Waals surface area contributed by atoms with Crippen molar-refractivity contribution in [2.75, 3.05) is 66.6 Å². The van der Waals surface area contributed by atoms with Gasteiger partial charge in [-0.05, 0) is 19.9 Å². The molecule has 130 valence electrons. The standard InChI is InChI=1S/C16H35N5O/c1-6-22-12-7-18-16(17-4)19-13-15(14(2)3)21-10-8-20(5)9-11-21/h14-15H,6-13H2,1-5H3,(H2,17,18,19). The van der Waals surface area contributed by atoms with Gasteiger partial charge in [0.1, 0.15) is 0 Å². The number of nitrogens with zero attached hydrogens (tertiary/aromatic N) is 3. The van der Waals surface area contributed by atoms with Crippen molar-refractivity contribution in [1.82, 2.24) is 20.4 Å². The van der Waals surface area contributed by atoms with Crippen LogP contribution in [0.4, 0.5) is 0 Å². The Labute approximate surface area is 136 Å². The average Bonchev–Trinajstić information content (AvgIpc) is 2.51. The summed E-state index contributed by atoms with van der Waals surface area (Å²) in [6.07, 6.45) is 0. The van der Waals surface area contributed by atoms with Crippen LogP contribution in [0.5, 0.6) is 0 Å². The largest absolute Gasteiger partial charge is 0.380 e. The molecule has 1 fully saturated rings. The lowest BCUT2D eigenvalue weighted by Crippen LogP contribution is -2.55. The van der Waals surface area contributed by atoms with Crippen molar-refractivity contribution >= 4 is 5.96 Å². The van der Waals surface area contributed by atoms with Crippen molar-refractivity contribution in [2.24, 2.45) is 10.9 Å². The van der Waals surface area contributed by atoms with Gasteiger partial charge >= 0.3 is 0 Å². The molecule has 1 saturated heterocycles. The molecule has 0 spiro atoms. The normalized spacial score (nSPS) is 19.5. The summed E-state index contributed by atoms with van der Waals surface area (Å²) >= 11 is 0. The van der Waals surface area contributed by atoms with Crippen LogP contribution >= 0.6 is 0 Å². The first-order chi connectivity index (χ1) is 10.6. The van der Waals surface area contributed by atoms with Gasteiger partial charge in [0, 0.05) is 59.0 Å². The molecule has 1 atom stereocenters. The van der Waals surface area contributed by atoms with Crippen molar-refractivity contribution in [3.05, 3.63) is 0 Å². The Morgan fingerprint density at radius 1 is 1.18 bits per heavy atom. The molecule has 0 amide bonds. The van der Waals surface area contributed by atoms with Gasteiger partial charge in [-0.3, -0.25) is 9.89 Å². The van der Waals surface area contributed by atoms with Gasteiger partial charge in [-0.25, -0.2) is 0 Å². The predicted octanol–water partition coefficient (Wildman–Crippen LogP) is 0.460. The first-order valence-corrected chi connectivity index (χ1v) is 8.53. The summed E-state index contributed by atoms with van der Waals surface area (Å²) in [6.45, 7) is 14.4. The highest BCUT2D eigenvalue weighted by molar-refractivity contribution is 5.79. The van der Waals surface area contributed by atoms with E-state index in [2.05, 4.69) is 46.3 Å². The second-order valence-corrected chi connectivity index (χ2v) is 6.23. The van der Waals surface area contributed by atoms with Crippen LogP contribution < -0.4 is 10.6 Å².